The van der Waals surface area contributed by atoms with Gasteiger partial charge in [-0.05, 0) is 20.3 Å². The van der Waals surface area contributed by atoms with Gasteiger partial charge in [0.25, 0.3) is 0 Å². The molecule has 52 heavy (non-hydrogen) atoms. The van der Waals surface area contributed by atoms with Gasteiger partial charge in [-0.25, -0.2) is 9.59 Å². The summed E-state index contributed by atoms with van der Waals surface area (Å²) in [6, 6.07) is 0. The van der Waals surface area contributed by atoms with Gasteiger partial charge in [-0.3, -0.25) is 43.2 Å². The Balaban J connectivity index is -0.0000000719. The molecule has 0 aromatic carbocycles. The number of carboxylic acid groups (broad SMARTS) is 10. The number of Topliss-reactive ketones (excluding diaryl/α,β-unsaturated/α-hetero) is 1. The van der Waals surface area contributed by atoms with Crippen LogP contribution in [-0.2, 0) is 52.7 Å². The lowest BCUT2D eigenvalue weighted by Crippen LogP contribution is -2.18. The molecule has 25 heteroatoms. The van der Waals surface area contributed by atoms with Gasteiger partial charge in [-0.2, -0.15) is 0 Å². The van der Waals surface area contributed by atoms with E-state index in [0.29, 0.717) is 12.8 Å². The van der Waals surface area contributed by atoms with Crippen molar-refractivity contribution in [3.05, 3.63) is 0 Å². The highest BCUT2D eigenvalue weighted by atomic mass is 16.4. The third kappa shape index (κ3) is 120. The number of carbonyl (C=O) groups is 11. The van der Waals surface area contributed by atoms with Gasteiger partial charge in [0.2, 0.25) is 5.78 Å². The number of hydrogen-bond acceptors (Lipinski definition) is 15. The molecule has 0 rings (SSSR count). The monoisotopic (exact) mass is 772 g/mol. The standard InChI is InChI=1S/C5H10O3.C4H6O4.2C4H8O3.2C3H4O4.C3H4O3.CH4O/c1-2-3-4(6)5(7)8;5-3(6)1-2-4(7)8;2*1-3(5)2-4(6)7;2*4-2(5)1-3(6)7;1-2(4)3(5)6;1-2/h4,6H,2-3H2,1H3,(H,7,8);1-2H2,(H,5,6)(H,7,8);2*3,5H,2H2,1H3,(H,6,7);2*1H2,(H,4,5)(H,6,7);1H3,(H,5,6);2H,1H3. The van der Waals surface area contributed by atoms with E-state index in [4.69, 9.17) is 71.5 Å². The molecule has 25 nitrogen and oxygen atoms in total. The molecule has 0 aromatic heterocycles. The van der Waals surface area contributed by atoms with Crippen molar-refractivity contribution in [2.24, 2.45) is 0 Å². The molecule has 306 valence electrons. The van der Waals surface area contributed by atoms with Gasteiger partial charge in [0.1, 0.15) is 12.8 Å². The van der Waals surface area contributed by atoms with Crippen LogP contribution in [0.15, 0.2) is 0 Å². The first-order valence-electron chi connectivity index (χ1n) is 13.7. The second-order valence-electron chi connectivity index (χ2n) is 8.61. The number of carboxylic acids is 10. The van der Waals surface area contributed by atoms with E-state index in [0.717, 1.165) is 14.0 Å². The Hall–Kier alpha value is -5.79. The molecular weight excluding hydrogens is 724 g/mol. The summed E-state index contributed by atoms with van der Waals surface area (Å²) in [5.41, 5.74) is 0. The summed E-state index contributed by atoms with van der Waals surface area (Å²) in [4.78, 5) is 105. The Morgan fingerprint density at radius 1 is 0.462 bits per heavy atom. The quantitative estimate of drug-likeness (QED) is 0.0645. The second-order valence-corrected chi connectivity index (χ2v) is 8.61. The Morgan fingerprint density at radius 3 is 0.731 bits per heavy atom. The lowest BCUT2D eigenvalue weighted by molar-refractivity contribution is -0.149. The fourth-order valence-corrected chi connectivity index (χ4v) is 1.37. The van der Waals surface area contributed by atoms with E-state index >= 15 is 0 Å². The molecule has 14 N–H and O–H groups in total. The molecule has 0 aliphatic heterocycles. The van der Waals surface area contributed by atoms with Crippen LogP contribution in [0, 0.1) is 0 Å². The number of aliphatic hydroxyl groups is 4. The minimum Gasteiger partial charge on any atom is -0.481 e. The van der Waals surface area contributed by atoms with Crippen molar-refractivity contribution in [3.63, 3.8) is 0 Å². The Morgan fingerprint density at radius 2 is 0.692 bits per heavy atom. The van der Waals surface area contributed by atoms with Crippen molar-refractivity contribution < 1.29 is 124 Å². The highest BCUT2D eigenvalue weighted by Crippen LogP contribution is 1.94. The number of carbonyl (C=O) groups excluding carboxylic acids is 1. The van der Waals surface area contributed by atoms with Crippen LogP contribution in [0.1, 0.15) is 79.1 Å². The molecular formula is C27H48O25. The van der Waals surface area contributed by atoms with Crippen molar-refractivity contribution in [2.45, 2.75) is 97.4 Å². The molecule has 0 saturated heterocycles. The zero-order chi connectivity index (χ0) is 43.7. The molecule has 0 saturated carbocycles. The maximum atomic E-state index is 9.84. The zero-order valence-corrected chi connectivity index (χ0v) is 28.6. The maximum absolute atomic E-state index is 9.84. The molecule has 0 amide bonds. The SMILES string of the molecule is CC(=O)C(=O)O.CC(O)CC(=O)O.CC(O)CC(=O)O.CCCC(O)C(=O)O.CO.O=C(O)CC(=O)O.O=C(O)CC(=O)O.O=C(O)CCC(=O)O. The summed E-state index contributed by atoms with van der Waals surface area (Å²) in [6.45, 7) is 5.71. The van der Waals surface area contributed by atoms with Gasteiger partial charge in [-0.1, -0.05) is 13.3 Å². The first kappa shape index (κ1) is 64.7. The predicted octanol–water partition coefficient (Wildman–Crippen LogP) is -1.79. The molecule has 0 fully saturated rings. The second kappa shape index (κ2) is 45.2. The molecule has 0 aliphatic rings. The smallest absolute Gasteiger partial charge is 0.371 e. The molecule has 0 heterocycles. The molecule has 3 atom stereocenters. The fourth-order valence-electron chi connectivity index (χ4n) is 1.37. The summed E-state index contributed by atoms with van der Waals surface area (Å²) < 4.78 is 0. The van der Waals surface area contributed by atoms with Crippen molar-refractivity contribution >= 4 is 65.5 Å². The Bertz CT molecular complexity index is 966. The average molecular weight is 773 g/mol. The van der Waals surface area contributed by atoms with E-state index in [1.165, 1.54) is 13.8 Å². The van der Waals surface area contributed by atoms with Crippen LogP contribution < -0.4 is 0 Å². The van der Waals surface area contributed by atoms with Crippen LogP contribution in [0.3, 0.4) is 0 Å². The number of rotatable bonds is 15. The summed E-state index contributed by atoms with van der Waals surface area (Å²) in [5, 5.41) is 110. The normalized spacial score (nSPS) is 10.1. The molecule has 0 aliphatic carbocycles. The lowest BCUT2D eigenvalue weighted by atomic mass is 10.2. The van der Waals surface area contributed by atoms with Crippen LogP contribution in [0.25, 0.3) is 0 Å². The van der Waals surface area contributed by atoms with Crippen LogP contribution in [0.2, 0.25) is 0 Å². The first-order chi connectivity index (χ1) is 23.5. The molecule has 0 aromatic rings. The first-order valence-corrected chi connectivity index (χ1v) is 13.7. The van der Waals surface area contributed by atoms with E-state index < -0.39 is 96.6 Å². The highest BCUT2D eigenvalue weighted by molar-refractivity contribution is 6.31. The zero-order valence-electron chi connectivity index (χ0n) is 28.6. The minimum atomic E-state index is -1.38. The number of aliphatic carboxylic acids is 10. The fraction of sp³-hybridized carbons (Fsp3) is 0.593. The largest absolute Gasteiger partial charge is 0.481 e. The van der Waals surface area contributed by atoms with Gasteiger partial charge >= 0.3 is 59.7 Å². The van der Waals surface area contributed by atoms with Crippen molar-refractivity contribution in [3.8, 4) is 0 Å². The van der Waals surface area contributed by atoms with Crippen LogP contribution >= 0.6 is 0 Å². The topological polar surface area (TPSA) is 471 Å². The Labute approximate surface area is 294 Å². The van der Waals surface area contributed by atoms with Crippen molar-refractivity contribution in [1.82, 2.24) is 0 Å². The van der Waals surface area contributed by atoms with Crippen molar-refractivity contribution in [2.75, 3.05) is 7.11 Å². The van der Waals surface area contributed by atoms with E-state index in [2.05, 4.69) is 0 Å². The van der Waals surface area contributed by atoms with Gasteiger partial charge in [0.15, 0.2) is 6.10 Å². The van der Waals surface area contributed by atoms with E-state index in [-0.39, 0.29) is 25.7 Å². The Kier molecular flexibility index (Phi) is 56.2. The van der Waals surface area contributed by atoms with Crippen LogP contribution in [0.4, 0.5) is 0 Å². The van der Waals surface area contributed by atoms with E-state index in [1.807, 2.05) is 6.92 Å². The third-order valence-electron chi connectivity index (χ3n) is 3.25. The average Bonchev–Trinajstić information content (AvgIpc) is 2.92. The molecule has 3 unspecified atom stereocenters. The molecule has 0 spiro atoms. The summed E-state index contributed by atoms with van der Waals surface area (Å²) >= 11 is 0. The van der Waals surface area contributed by atoms with Gasteiger partial charge in [0, 0.05) is 14.0 Å². The van der Waals surface area contributed by atoms with Gasteiger partial charge in [0.05, 0.1) is 37.9 Å². The van der Waals surface area contributed by atoms with E-state index in [1.54, 1.807) is 0 Å². The molecule has 0 bridgehead atoms. The number of hydrogen-bond donors (Lipinski definition) is 14. The summed E-state index contributed by atoms with van der Waals surface area (Å²) in [6.07, 6.45) is -4.11. The van der Waals surface area contributed by atoms with Crippen LogP contribution in [-0.4, -0.2) is 162 Å². The summed E-state index contributed by atoms with van der Waals surface area (Å²) in [7, 11) is 1.00. The predicted molar refractivity (Wildman–Crippen MR) is 167 cm³/mol. The highest BCUT2D eigenvalue weighted by Gasteiger charge is 2.09. The summed E-state index contributed by atoms with van der Waals surface area (Å²) in [5.74, 6) is -12.7. The molecule has 0 radical (unpaired) electrons. The minimum absolute atomic E-state index is 0.167. The number of aliphatic hydroxyl groups excluding tert-OH is 4. The number of ketones is 1. The maximum Gasteiger partial charge on any atom is 0.371 e. The van der Waals surface area contributed by atoms with Gasteiger partial charge < -0.3 is 71.5 Å². The lowest BCUT2D eigenvalue weighted by Gasteiger charge is -1.99. The third-order valence-corrected chi connectivity index (χ3v) is 3.25. The van der Waals surface area contributed by atoms with Crippen molar-refractivity contribution in [1.29, 1.82) is 0 Å². The van der Waals surface area contributed by atoms with Crippen LogP contribution in [0.5, 0.6) is 0 Å². The van der Waals surface area contributed by atoms with E-state index in [9.17, 15) is 52.7 Å². The van der Waals surface area contributed by atoms with Gasteiger partial charge in [-0.15, -0.1) is 0 Å².